The number of aromatic nitrogens is 1. The van der Waals surface area contributed by atoms with Gasteiger partial charge in [0.25, 0.3) is 0 Å². The Labute approximate surface area is 119 Å². The van der Waals surface area contributed by atoms with Crippen molar-refractivity contribution < 1.29 is 9.47 Å². The summed E-state index contributed by atoms with van der Waals surface area (Å²) in [5.41, 5.74) is 1.04. The lowest BCUT2D eigenvalue weighted by Crippen LogP contribution is -2.12. The van der Waals surface area contributed by atoms with Crippen molar-refractivity contribution in [3.8, 4) is 17.4 Å². The molecule has 106 valence electrons. The van der Waals surface area contributed by atoms with Crippen molar-refractivity contribution in [2.75, 3.05) is 13.2 Å². The highest BCUT2D eigenvalue weighted by atomic mass is 16.5. The molecule has 0 aliphatic carbocycles. The molecule has 0 bridgehead atoms. The number of hydrogen-bond acceptors (Lipinski definition) is 4. The standard InChI is InChI=1S/C16H20N2O2/c1-3-17-12-13-6-5-11-18-16(13)20-15-9-7-14(8-10-15)19-4-2/h5-11,17H,3-4,12H2,1-2H3. The molecular formula is C16H20N2O2. The fourth-order valence-corrected chi connectivity index (χ4v) is 1.79. The van der Waals surface area contributed by atoms with Crippen LogP contribution < -0.4 is 14.8 Å². The normalized spacial score (nSPS) is 10.3. The van der Waals surface area contributed by atoms with Crippen LogP contribution in [0.4, 0.5) is 0 Å². The van der Waals surface area contributed by atoms with Crippen molar-refractivity contribution in [1.82, 2.24) is 10.3 Å². The summed E-state index contributed by atoms with van der Waals surface area (Å²) >= 11 is 0. The predicted molar refractivity (Wildman–Crippen MR) is 79.3 cm³/mol. The average Bonchev–Trinajstić information content (AvgIpc) is 2.49. The van der Waals surface area contributed by atoms with Gasteiger partial charge < -0.3 is 14.8 Å². The molecule has 2 rings (SSSR count). The third kappa shape index (κ3) is 3.96. The molecule has 0 aliphatic rings. The second-order valence-electron chi connectivity index (χ2n) is 4.25. The lowest BCUT2D eigenvalue weighted by Gasteiger charge is -2.10. The van der Waals surface area contributed by atoms with Crippen LogP contribution in [0.15, 0.2) is 42.6 Å². The number of nitrogens with one attached hydrogen (secondary N) is 1. The van der Waals surface area contributed by atoms with Crippen molar-refractivity contribution in [2.45, 2.75) is 20.4 Å². The summed E-state index contributed by atoms with van der Waals surface area (Å²) in [6, 6.07) is 11.5. The maximum Gasteiger partial charge on any atom is 0.223 e. The zero-order chi connectivity index (χ0) is 14.2. The van der Waals surface area contributed by atoms with E-state index in [9.17, 15) is 0 Å². The van der Waals surface area contributed by atoms with E-state index in [1.54, 1.807) is 6.20 Å². The zero-order valence-corrected chi connectivity index (χ0v) is 11.9. The van der Waals surface area contributed by atoms with Gasteiger partial charge in [-0.2, -0.15) is 0 Å². The van der Waals surface area contributed by atoms with E-state index >= 15 is 0 Å². The van der Waals surface area contributed by atoms with Crippen molar-refractivity contribution in [2.24, 2.45) is 0 Å². The van der Waals surface area contributed by atoms with Gasteiger partial charge in [0.05, 0.1) is 6.61 Å². The first-order valence-electron chi connectivity index (χ1n) is 6.88. The third-order valence-electron chi connectivity index (χ3n) is 2.76. The molecular weight excluding hydrogens is 252 g/mol. The highest BCUT2D eigenvalue weighted by Crippen LogP contribution is 2.24. The Balaban J connectivity index is 2.08. The summed E-state index contributed by atoms with van der Waals surface area (Å²) in [6.07, 6.45) is 1.74. The van der Waals surface area contributed by atoms with Crippen molar-refractivity contribution in [1.29, 1.82) is 0 Å². The quantitative estimate of drug-likeness (QED) is 0.839. The van der Waals surface area contributed by atoms with Gasteiger partial charge in [-0.05, 0) is 43.8 Å². The zero-order valence-electron chi connectivity index (χ0n) is 11.9. The number of rotatable bonds is 7. The van der Waals surface area contributed by atoms with Crippen molar-refractivity contribution >= 4 is 0 Å². The fraction of sp³-hybridized carbons (Fsp3) is 0.312. The first-order valence-corrected chi connectivity index (χ1v) is 6.88. The number of benzene rings is 1. The SMILES string of the molecule is CCNCc1cccnc1Oc1ccc(OCC)cc1. The molecule has 0 saturated heterocycles. The molecule has 0 radical (unpaired) electrons. The molecule has 1 heterocycles. The van der Waals surface area contributed by atoms with E-state index in [1.807, 2.05) is 43.3 Å². The minimum Gasteiger partial charge on any atom is -0.494 e. The molecule has 0 aliphatic heterocycles. The lowest BCUT2D eigenvalue weighted by molar-refractivity contribution is 0.339. The van der Waals surface area contributed by atoms with E-state index < -0.39 is 0 Å². The van der Waals surface area contributed by atoms with E-state index in [0.29, 0.717) is 12.5 Å². The van der Waals surface area contributed by atoms with Crippen LogP contribution >= 0.6 is 0 Å². The maximum absolute atomic E-state index is 5.83. The Hall–Kier alpha value is -2.07. The van der Waals surface area contributed by atoms with Gasteiger partial charge in [-0.15, -0.1) is 0 Å². The van der Waals surface area contributed by atoms with Gasteiger partial charge in [-0.25, -0.2) is 4.98 Å². The van der Waals surface area contributed by atoms with Gasteiger partial charge in [0.2, 0.25) is 5.88 Å². The third-order valence-corrected chi connectivity index (χ3v) is 2.76. The van der Waals surface area contributed by atoms with Gasteiger partial charge >= 0.3 is 0 Å². The molecule has 0 fully saturated rings. The second-order valence-corrected chi connectivity index (χ2v) is 4.25. The largest absolute Gasteiger partial charge is 0.494 e. The molecule has 1 aromatic carbocycles. The Morgan fingerprint density at radius 1 is 1.05 bits per heavy atom. The molecule has 1 aromatic heterocycles. The molecule has 0 unspecified atom stereocenters. The Kier molecular flexibility index (Phi) is 5.38. The number of hydrogen-bond donors (Lipinski definition) is 1. The summed E-state index contributed by atoms with van der Waals surface area (Å²) in [6.45, 7) is 6.36. The maximum atomic E-state index is 5.83. The minimum absolute atomic E-state index is 0.637. The van der Waals surface area contributed by atoms with E-state index in [4.69, 9.17) is 9.47 Å². The van der Waals surface area contributed by atoms with Gasteiger partial charge in [-0.1, -0.05) is 13.0 Å². The highest BCUT2D eigenvalue weighted by molar-refractivity contribution is 5.35. The summed E-state index contributed by atoms with van der Waals surface area (Å²) in [4.78, 5) is 4.29. The summed E-state index contributed by atoms with van der Waals surface area (Å²) in [5, 5.41) is 3.28. The molecule has 0 atom stereocenters. The Morgan fingerprint density at radius 2 is 1.80 bits per heavy atom. The molecule has 4 nitrogen and oxygen atoms in total. The molecule has 4 heteroatoms. The molecule has 0 saturated carbocycles. The summed E-state index contributed by atoms with van der Waals surface area (Å²) < 4.78 is 11.2. The van der Waals surface area contributed by atoms with Crippen LogP contribution in [0, 0.1) is 0 Å². The van der Waals surface area contributed by atoms with E-state index in [0.717, 1.165) is 30.2 Å². The van der Waals surface area contributed by atoms with E-state index in [2.05, 4.69) is 17.2 Å². The molecule has 0 amide bonds. The van der Waals surface area contributed by atoms with Gasteiger partial charge in [-0.3, -0.25) is 0 Å². The van der Waals surface area contributed by atoms with Crippen LogP contribution in [0.5, 0.6) is 17.4 Å². The predicted octanol–water partition coefficient (Wildman–Crippen LogP) is 3.38. The Bertz CT molecular complexity index is 526. The molecule has 2 aromatic rings. The first-order chi connectivity index (χ1) is 9.83. The van der Waals surface area contributed by atoms with E-state index in [1.165, 1.54) is 0 Å². The molecule has 0 spiro atoms. The molecule has 20 heavy (non-hydrogen) atoms. The van der Waals surface area contributed by atoms with Gasteiger partial charge in [0.15, 0.2) is 0 Å². The van der Waals surface area contributed by atoms with Crippen molar-refractivity contribution in [3.63, 3.8) is 0 Å². The fourth-order valence-electron chi connectivity index (χ4n) is 1.79. The number of ether oxygens (including phenoxy) is 2. The van der Waals surface area contributed by atoms with Crippen LogP contribution in [-0.4, -0.2) is 18.1 Å². The monoisotopic (exact) mass is 272 g/mol. The van der Waals surface area contributed by atoms with Gasteiger partial charge in [0.1, 0.15) is 11.5 Å². The van der Waals surface area contributed by atoms with Crippen LogP contribution in [0.25, 0.3) is 0 Å². The summed E-state index contributed by atoms with van der Waals surface area (Å²) in [7, 11) is 0. The van der Waals surface area contributed by atoms with Gasteiger partial charge in [0, 0.05) is 18.3 Å². The minimum atomic E-state index is 0.637. The van der Waals surface area contributed by atoms with Crippen LogP contribution in [0.1, 0.15) is 19.4 Å². The molecule has 1 N–H and O–H groups in total. The Morgan fingerprint density at radius 3 is 2.50 bits per heavy atom. The number of nitrogens with zero attached hydrogens (tertiary/aromatic N) is 1. The van der Waals surface area contributed by atoms with Crippen molar-refractivity contribution in [3.05, 3.63) is 48.2 Å². The van der Waals surface area contributed by atoms with Crippen LogP contribution in [-0.2, 0) is 6.54 Å². The summed E-state index contributed by atoms with van der Waals surface area (Å²) in [5.74, 6) is 2.23. The second kappa shape index (κ2) is 7.50. The smallest absolute Gasteiger partial charge is 0.223 e. The first kappa shape index (κ1) is 14.3. The topological polar surface area (TPSA) is 43.4 Å². The van der Waals surface area contributed by atoms with Crippen LogP contribution in [0.2, 0.25) is 0 Å². The highest BCUT2D eigenvalue weighted by Gasteiger charge is 2.05. The van der Waals surface area contributed by atoms with Crippen LogP contribution in [0.3, 0.4) is 0 Å². The number of pyridine rings is 1. The average molecular weight is 272 g/mol. The van der Waals surface area contributed by atoms with E-state index in [-0.39, 0.29) is 0 Å². The lowest BCUT2D eigenvalue weighted by atomic mass is 10.2.